The Kier molecular flexibility index (Phi) is 3.74. The van der Waals surface area contributed by atoms with Gasteiger partial charge < -0.3 is 10.4 Å². The predicted octanol–water partition coefficient (Wildman–Crippen LogP) is 2.59. The van der Waals surface area contributed by atoms with Gasteiger partial charge in [-0.25, -0.2) is 4.39 Å². The SMILES string of the molecule is CC(O)(CNC(=O)C1CC2CCC1C2)c1ccc(F)cc1. The molecule has 3 rings (SSSR count). The van der Waals surface area contributed by atoms with Gasteiger partial charge >= 0.3 is 0 Å². The van der Waals surface area contributed by atoms with Crippen molar-refractivity contribution in [2.75, 3.05) is 6.54 Å². The van der Waals surface area contributed by atoms with Crippen molar-refractivity contribution in [1.82, 2.24) is 5.32 Å². The first-order valence-corrected chi connectivity index (χ1v) is 7.72. The molecular weight excluding hydrogens is 269 g/mol. The Morgan fingerprint density at radius 2 is 2.05 bits per heavy atom. The van der Waals surface area contributed by atoms with Crippen LogP contribution in [0.2, 0.25) is 0 Å². The van der Waals surface area contributed by atoms with Crippen LogP contribution in [0.1, 0.15) is 38.2 Å². The van der Waals surface area contributed by atoms with Gasteiger partial charge in [0.2, 0.25) is 5.91 Å². The normalized spacial score (nSPS) is 30.1. The summed E-state index contributed by atoms with van der Waals surface area (Å²) >= 11 is 0. The Morgan fingerprint density at radius 3 is 2.62 bits per heavy atom. The van der Waals surface area contributed by atoms with Gasteiger partial charge in [-0.1, -0.05) is 18.6 Å². The molecule has 0 aliphatic heterocycles. The fourth-order valence-electron chi connectivity index (χ4n) is 3.87. The van der Waals surface area contributed by atoms with Crippen LogP contribution in [0.3, 0.4) is 0 Å². The second kappa shape index (κ2) is 5.41. The van der Waals surface area contributed by atoms with Gasteiger partial charge in [0.15, 0.2) is 0 Å². The third-order valence-corrected chi connectivity index (χ3v) is 5.15. The first-order valence-electron chi connectivity index (χ1n) is 7.72. The van der Waals surface area contributed by atoms with E-state index in [1.165, 1.54) is 25.0 Å². The summed E-state index contributed by atoms with van der Waals surface area (Å²) in [5, 5.41) is 13.3. The summed E-state index contributed by atoms with van der Waals surface area (Å²) in [5.74, 6) is 1.10. The van der Waals surface area contributed by atoms with Crippen molar-refractivity contribution >= 4 is 5.91 Å². The van der Waals surface area contributed by atoms with Gasteiger partial charge in [0.05, 0.1) is 6.54 Å². The fraction of sp³-hybridized carbons (Fsp3) is 0.588. The maximum absolute atomic E-state index is 12.9. The average molecular weight is 291 g/mol. The van der Waals surface area contributed by atoms with E-state index in [1.807, 2.05) is 0 Å². The number of carbonyl (C=O) groups is 1. The van der Waals surface area contributed by atoms with E-state index >= 15 is 0 Å². The summed E-state index contributed by atoms with van der Waals surface area (Å²) in [6.45, 7) is 1.80. The quantitative estimate of drug-likeness (QED) is 0.896. The molecule has 2 aliphatic carbocycles. The molecule has 0 spiro atoms. The Hall–Kier alpha value is -1.42. The van der Waals surface area contributed by atoms with Crippen molar-refractivity contribution in [3.05, 3.63) is 35.6 Å². The zero-order valence-electron chi connectivity index (χ0n) is 12.3. The van der Waals surface area contributed by atoms with Crippen molar-refractivity contribution in [2.45, 2.75) is 38.2 Å². The van der Waals surface area contributed by atoms with Crippen LogP contribution in [0.25, 0.3) is 0 Å². The van der Waals surface area contributed by atoms with Crippen LogP contribution in [-0.2, 0) is 10.4 Å². The lowest BCUT2D eigenvalue weighted by Crippen LogP contribution is -2.42. The molecular formula is C17H22FNO2. The van der Waals surface area contributed by atoms with Crippen molar-refractivity contribution < 1.29 is 14.3 Å². The molecule has 0 radical (unpaired) electrons. The van der Waals surface area contributed by atoms with Gasteiger partial charge in [-0.3, -0.25) is 4.79 Å². The van der Waals surface area contributed by atoms with Gasteiger partial charge in [0, 0.05) is 5.92 Å². The third kappa shape index (κ3) is 2.95. The van der Waals surface area contributed by atoms with Crippen LogP contribution in [0.5, 0.6) is 0 Å². The molecule has 4 heteroatoms. The molecule has 0 aromatic heterocycles. The lowest BCUT2D eigenvalue weighted by atomic mass is 9.88. The van der Waals surface area contributed by atoms with Crippen LogP contribution in [0, 0.1) is 23.6 Å². The topological polar surface area (TPSA) is 49.3 Å². The van der Waals surface area contributed by atoms with E-state index < -0.39 is 5.60 Å². The monoisotopic (exact) mass is 291 g/mol. The smallest absolute Gasteiger partial charge is 0.223 e. The van der Waals surface area contributed by atoms with E-state index in [9.17, 15) is 14.3 Å². The van der Waals surface area contributed by atoms with E-state index in [4.69, 9.17) is 0 Å². The number of carbonyl (C=O) groups excluding carboxylic acids is 1. The van der Waals surface area contributed by atoms with Crippen molar-refractivity contribution in [2.24, 2.45) is 17.8 Å². The minimum Gasteiger partial charge on any atom is -0.384 e. The van der Waals surface area contributed by atoms with Gasteiger partial charge in [0.1, 0.15) is 11.4 Å². The second-order valence-electron chi connectivity index (χ2n) is 6.78. The summed E-state index contributed by atoms with van der Waals surface area (Å²) in [6.07, 6.45) is 4.61. The van der Waals surface area contributed by atoms with Crippen molar-refractivity contribution in [3.8, 4) is 0 Å². The molecule has 0 saturated heterocycles. The molecule has 2 saturated carbocycles. The number of amides is 1. The molecule has 1 aromatic rings. The lowest BCUT2D eigenvalue weighted by Gasteiger charge is -2.27. The van der Waals surface area contributed by atoms with E-state index in [1.54, 1.807) is 19.1 Å². The highest BCUT2D eigenvalue weighted by Gasteiger charge is 2.43. The largest absolute Gasteiger partial charge is 0.384 e. The summed E-state index contributed by atoms with van der Waals surface area (Å²) in [7, 11) is 0. The van der Waals surface area contributed by atoms with Gasteiger partial charge in [-0.15, -0.1) is 0 Å². The third-order valence-electron chi connectivity index (χ3n) is 5.15. The summed E-state index contributed by atoms with van der Waals surface area (Å²) in [5.41, 5.74) is -0.571. The van der Waals surface area contributed by atoms with Gasteiger partial charge in [0.25, 0.3) is 0 Å². The highest BCUT2D eigenvalue weighted by Crippen LogP contribution is 2.48. The molecule has 2 N–H and O–H groups in total. The molecule has 4 unspecified atom stereocenters. The number of nitrogens with one attached hydrogen (secondary N) is 1. The van der Waals surface area contributed by atoms with Crippen LogP contribution < -0.4 is 5.32 Å². The summed E-state index contributed by atoms with van der Waals surface area (Å²) < 4.78 is 12.9. The molecule has 2 bridgehead atoms. The average Bonchev–Trinajstić information content (AvgIpc) is 3.08. The Bertz CT molecular complexity index is 526. The van der Waals surface area contributed by atoms with Crippen molar-refractivity contribution in [3.63, 3.8) is 0 Å². The lowest BCUT2D eigenvalue weighted by molar-refractivity contribution is -0.127. The highest BCUT2D eigenvalue weighted by molar-refractivity contribution is 5.79. The molecule has 1 aromatic carbocycles. The molecule has 3 nitrogen and oxygen atoms in total. The fourth-order valence-corrected chi connectivity index (χ4v) is 3.87. The van der Waals surface area contributed by atoms with Crippen LogP contribution in [0.15, 0.2) is 24.3 Å². The molecule has 4 atom stereocenters. The van der Waals surface area contributed by atoms with E-state index in [0.29, 0.717) is 11.5 Å². The maximum atomic E-state index is 12.9. The first-order chi connectivity index (χ1) is 9.95. The zero-order chi connectivity index (χ0) is 15.0. The molecule has 2 fully saturated rings. The first kappa shape index (κ1) is 14.5. The number of hydrogen-bond acceptors (Lipinski definition) is 2. The zero-order valence-corrected chi connectivity index (χ0v) is 12.3. The number of hydrogen-bond donors (Lipinski definition) is 2. The number of halogens is 1. The molecule has 21 heavy (non-hydrogen) atoms. The summed E-state index contributed by atoms with van der Waals surface area (Å²) in [4.78, 5) is 12.3. The molecule has 0 heterocycles. The minimum absolute atomic E-state index is 0.0598. The number of aliphatic hydroxyl groups is 1. The van der Waals surface area contributed by atoms with E-state index in [0.717, 1.165) is 18.8 Å². The molecule has 114 valence electrons. The highest BCUT2D eigenvalue weighted by atomic mass is 19.1. The maximum Gasteiger partial charge on any atom is 0.223 e. The van der Waals surface area contributed by atoms with Crippen molar-refractivity contribution in [1.29, 1.82) is 0 Å². The van der Waals surface area contributed by atoms with Crippen LogP contribution in [0.4, 0.5) is 4.39 Å². The Labute approximate surface area is 124 Å². The standard InChI is InChI=1S/C17H22FNO2/c1-17(21,13-4-6-14(18)7-5-13)10-19-16(20)15-9-11-2-3-12(15)8-11/h4-7,11-12,15,21H,2-3,8-10H2,1H3,(H,19,20). The minimum atomic E-state index is -1.18. The van der Waals surface area contributed by atoms with Crippen LogP contribution >= 0.6 is 0 Å². The van der Waals surface area contributed by atoms with Gasteiger partial charge in [-0.2, -0.15) is 0 Å². The van der Waals surface area contributed by atoms with E-state index in [-0.39, 0.29) is 24.2 Å². The Morgan fingerprint density at radius 1 is 1.33 bits per heavy atom. The van der Waals surface area contributed by atoms with Gasteiger partial charge in [-0.05, 0) is 55.7 Å². The molecule has 2 aliphatic rings. The number of fused-ring (bicyclic) bond motifs is 2. The van der Waals surface area contributed by atoms with E-state index in [2.05, 4.69) is 5.32 Å². The van der Waals surface area contributed by atoms with Crippen LogP contribution in [-0.4, -0.2) is 17.6 Å². The second-order valence-corrected chi connectivity index (χ2v) is 6.78. The number of benzene rings is 1. The Balaban J connectivity index is 1.58. The number of rotatable bonds is 4. The molecule has 1 amide bonds. The predicted molar refractivity (Wildman–Crippen MR) is 77.9 cm³/mol. The summed E-state index contributed by atoms with van der Waals surface area (Å²) in [6, 6.07) is 5.75.